The van der Waals surface area contributed by atoms with E-state index in [1.807, 2.05) is 36.4 Å². The van der Waals surface area contributed by atoms with Gasteiger partial charge in [-0.05, 0) is 48.1 Å². The lowest BCUT2D eigenvalue weighted by Crippen LogP contribution is -2.46. The largest absolute Gasteiger partial charge is 0.573 e. The van der Waals surface area contributed by atoms with E-state index in [9.17, 15) is 18.0 Å². The van der Waals surface area contributed by atoms with Crippen molar-refractivity contribution in [2.24, 2.45) is 0 Å². The maximum Gasteiger partial charge on any atom is 0.573 e. The highest BCUT2D eigenvalue weighted by Gasteiger charge is 2.47. The van der Waals surface area contributed by atoms with Crippen molar-refractivity contribution in [3.8, 4) is 5.75 Å². The van der Waals surface area contributed by atoms with E-state index < -0.39 is 12.0 Å². The molecule has 0 N–H and O–H groups in total. The molecule has 1 amide bonds. The highest BCUT2D eigenvalue weighted by molar-refractivity contribution is 5.90. The molecule has 1 saturated carbocycles. The number of alkyl halides is 3. The average Bonchev–Trinajstić information content (AvgIpc) is 3.12. The van der Waals surface area contributed by atoms with Gasteiger partial charge in [0.1, 0.15) is 11.4 Å². The van der Waals surface area contributed by atoms with Crippen LogP contribution in [0.25, 0.3) is 0 Å². The number of nitrogens with zero attached hydrogens (tertiary/aromatic N) is 2. The van der Waals surface area contributed by atoms with Gasteiger partial charge in [0, 0.05) is 38.2 Å². The lowest BCUT2D eigenvalue weighted by Gasteiger charge is -2.37. The van der Waals surface area contributed by atoms with Gasteiger partial charge in [0.05, 0.1) is 6.54 Å². The van der Waals surface area contributed by atoms with Crippen LogP contribution in [0.3, 0.4) is 0 Å². The van der Waals surface area contributed by atoms with E-state index in [0.29, 0.717) is 18.7 Å². The molecule has 0 atom stereocenters. The van der Waals surface area contributed by atoms with E-state index in [0.717, 1.165) is 56.4 Å². The number of carbonyl (C=O) groups excluding carboxylic acids is 3. The fourth-order valence-electron chi connectivity index (χ4n) is 5.02. The van der Waals surface area contributed by atoms with Gasteiger partial charge in [-0.25, -0.2) is 4.79 Å². The molecule has 2 aliphatic heterocycles. The van der Waals surface area contributed by atoms with E-state index in [2.05, 4.69) is 9.64 Å². The first-order chi connectivity index (χ1) is 17.2. The number of anilines is 1. The van der Waals surface area contributed by atoms with Crippen LogP contribution in [0.2, 0.25) is 0 Å². The molecule has 3 aliphatic rings. The molecule has 36 heavy (non-hydrogen) atoms. The lowest BCUT2D eigenvalue weighted by molar-refractivity contribution is -0.275. The van der Waals surface area contributed by atoms with E-state index in [1.54, 1.807) is 11.0 Å². The second-order valence-electron chi connectivity index (χ2n) is 9.38. The molecule has 2 aromatic rings. The van der Waals surface area contributed by atoms with Crippen LogP contribution in [-0.2, 0) is 20.9 Å². The van der Waals surface area contributed by atoms with Gasteiger partial charge in [0.25, 0.3) is 0 Å². The summed E-state index contributed by atoms with van der Waals surface area (Å²) < 4.78 is 48.6. The summed E-state index contributed by atoms with van der Waals surface area (Å²) in [5.41, 5.74) is 2.00. The Morgan fingerprint density at radius 3 is 2.31 bits per heavy atom. The Morgan fingerprint density at radius 2 is 1.72 bits per heavy atom. The zero-order valence-electron chi connectivity index (χ0n) is 19.6. The summed E-state index contributed by atoms with van der Waals surface area (Å²) in [7, 11) is 0. The minimum Gasteiger partial charge on any atom is -0.441 e. The predicted octanol–water partition coefficient (Wildman–Crippen LogP) is 5.26. The molecule has 0 unspecified atom stereocenters. The fraction of sp³-hybridized carbons (Fsp3) is 0.462. The maximum absolute atomic E-state index is 12.8. The van der Waals surface area contributed by atoms with Crippen LogP contribution in [0.5, 0.6) is 5.75 Å². The maximum atomic E-state index is 12.8. The number of hydrogen-bond donors (Lipinski definition) is 0. The minimum absolute atomic E-state index is 0.0765. The normalized spacial score (nSPS) is 19.6. The van der Waals surface area contributed by atoms with E-state index >= 15 is 0 Å². The summed E-state index contributed by atoms with van der Waals surface area (Å²) in [4.78, 5) is 32.7. The summed E-state index contributed by atoms with van der Waals surface area (Å²) >= 11 is 0. The second kappa shape index (κ2) is 10.7. The molecule has 3 fully saturated rings. The number of carbonyl (C=O) groups is 1. The molecular formula is C26H27F3N2O5. The van der Waals surface area contributed by atoms with Crippen LogP contribution in [-0.4, -0.2) is 48.7 Å². The molecule has 2 saturated heterocycles. The Bertz CT molecular complexity index is 1090. The van der Waals surface area contributed by atoms with Crippen LogP contribution in [0.1, 0.15) is 49.1 Å². The minimum atomic E-state index is -4.69. The quantitative estimate of drug-likeness (QED) is 0.553. The number of para-hydroxylation sites is 1. The highest BCUT2D eigenvalue weighted by atomic mass is 19.4. The lowest BCUT2D eigenvalue weighted by atomic mass is 9.79. The number of amides is 1. The Labute approximate surface area is 206 Å². The zero-order chi connectivity index (χ0) is 25.8. The van der Waals surface area contributed by atoms with Gasteiger partial charge in [-0.2, -0.15) is 9.59 Å². The molecule has 0 radical (unpaired) electrons. The van der Waals surface area contributed by atoms with Crippen molar-refractivity contribution < 1.29 is 37.0 Å². The Hall–Kier alpha value is -3.36. The van der Waals surface area contributed by atoms with Crippen LogP contribution < -0.4 is 9.64 Å². The summed E-state index contributed by atoms with van der Waals surface area (Å²) in [5, 5.41) is 0. The molecular weight excluding hydrogens is 477 g/mol. The van der Waals surface area contributed by atoms with E-state index in [-0.39, 0.29) is 23.9 Å². The fourth-order valence-corrected chi connectivity index (χ4v) is 5.02. The first kappa shape index (κ1) is 25.7. The van der Waals surface area contributed by atoms with Crippen LogP contribution in [0.4, 0.5) is 23.7 Å². The smallest absolute Gasteiger partial charge is 0.441 e. The molecule has 192 valence electrons. The molecule has 2 aromatic carbocycles. The molecule has 0 aromatic heterocycles. The van der Waals surface area contributed by atoms with Crippen molar-refractivity contribution in [1.82, 2.24) is 4.90 Å². The molecule has 1 spiro atoms. The number of ether oxygens (including phenoxy) is 2. The molecule has 5 rings (SSSR count). The summed E-state index contributed by atoms with van der Waals surface area (Å²) in [5.74, 6) is 0.0567. The predicted molar refractivity (Wildman–Crippen MR) is 122 cm³/mol. The number of benzene rings is 2. The summed E-state index contributed by atoms with van der Waals surface area (Å²) in [6.45, 7) is 2.71. The molecule has 0 bridgehead atoms. The number of halogens is 3. The van der Waals surface area contributed by atoms with Crippen molar-refractivity contribution in [1.29, 1.82) is 0 Å². The number of likely N-dealkylation sites (tertiary alicyclic amines) is 1. The van der Waals surface area contributed by atoms with Gasteiger partial charge in [-0.15, -0.1) is 13.2 Å². The highest BCUT2D eigenvalue weighted by Crippen LogP contribution is 2.43. The molecule has 1 aliphatic carbocycles. The van der Waals surface area contributed by atoms with Gasteiger partial charge in [0.15, 0.2) is 0 Å². The third kappa shape index (κ3) is 6.06. The van der Waals surface area contributed by atoms with Crippen molar-refractivity contribution in [2.45, 2.75) is 56.5 Å². The van der Waals surface area contributed by atoms with Crippen molar-refractivity contribution in [3.05, 3.63) is 59.7 Å². The van der Waals surface area contributed by atoms with Gasteiger partial charge in [0.2, 0.25) is 0 Å². The van der Waals surface area contributed by atoms with Gasteiger partial charge >= 0.3 is 18.6 Å². The topological polar surface area (TPSA) is 76.2 Å². The van der Waals surface area contributed by atoms with Gasteiger partial charge in [-0.3, -0.25) is 9.80 Å². The number of hydrogen-bond acceptors (Lipinski definition) is 6. The average molecular weight is 505 g/mol. The first-order valence-electron chi connectivity index (χ1n) is 11.9. The third-order valence-electron chi connectivity index (χ3n) is 7.06. The van der Waals surface area contributed by atoms with Crippen LogP contribution >= 0.6 is 0 Å². The molecule has 2 heterocycles. The Kier molecular flexibility index (Phi) is 7.66. The van der Waals surface area contributed by atoms with Gasteiger partial charge in [-0.1, -0.05) is 36.8 Å². The monoisotopic (exact) mass is 504 g/mol. The van der Waals surface area contributed by atoms with Crippen molar-refractivity contribution >= 4 is 17.9 Å². The zero-order valence-corrected chi connectivity index (χ0v) is 19.6. The molecule has 7 nitrogen and oxygen atoms in total. The SMILES string of the molecule is O=C1OC2(CCN(Cc3ccc(OC(F)(F)F)c(C4CCC4)c3)CC2)CN1c1ccccc1.O=C=O. The van der Waals surface area contributed by atoms with Crippen LogP contribution in [0.15, 0.2) is 48.5 Å². The van der Waals surface area contributed by atoms with E-state index in [1.165, 1.54) is 6.07 Å². The molecule has 10 heteroatoms. The Balaban J connectivity index is 0.000000967. The summed E-state index contributed by atoms with van der Waals surface area (Å²) in [6.07, 6.45) is -0.457. The summed E-state index contributed by atoms with van der Waals surface area (Å²) in [6, 6.07) is 14.6. The number of rotatable bonds is 5. The van der Waals surface area contributed by atoms with Crippen molar-refractivity contribution in [2.75, 3.05) is 24.5 Å². The Morgan fingerprint density at radius 1 is 1.06 bits per heavy atom. The first-order valence-corrected chi connectivity index (χ1v) is 11.9. The van der Waals surface area contributed by atoms with Crippen LogP contribution in [0, 0.1) is 0 Å². The van der Waals surface area contributed by atoms with Crippen molar-refractivity contribution in [3.63, 3.8) is 0 Å². The second-order valence-corrected chi connectivity index (χ2v) is 9.38. The van der Waals surface area contributed by atoms with E-state index in [4.69, 9.17) is 14.3 Å². The third-order valence-corrected chi connectivity index (χ3v) is 7.06. The number of piperidine rings is 1. The standard InChI is InChI=1S/C25H27F3N2O3.CO2/c26-25(27,28)32-22-10-9-18(15-21(22)19-5-4-6-19)16-29-13-11-24(12-14-29)17-30(23(31)33-24)20-7-2-1-3-8-20;2-1-3/h1-3,7-10,15,19H,4-6,11-14,16-17H2;. The van der Waals surface area contributed by atoms with Gasteiger partial charge < -0.3 is 9.47 Å².